The number of Topliss-reactive ketones (excluding diaryl/α,β-unsaturated/α-hetero) is 1. The number of nitrogens with zero attached hydrogens (tertiary/aromatic N) is 1. The minimum atomic E-state index is 0.282. The fourth-order valence-electron chi connectivity index (χ4n) is 2.94. The van der Waals surface area contributed by atoms with Gasteiger partial charge in [0, 0.05) is 31.5 Å². The summed E-state index contributed by atoms with van der Waals surface area (Å²) < 4.78 is 0. The van der Waals surface area contributed by atoms with Gasteiger partial charge in [0.15, 0.2) is 0 Å². The Labute approximate surface area is 91.5 Å². The fourth-order valence-corrected chi connectivity index (χ4v) is 2.94. The minimum Gasteiger partial charge on any atom is -0.396 e. The molecule has 1 saturated heterocycles. The molecule has 15 heavy (non-hydrogen) atoms. The maximum atomic E-state index is 11.5. The van der Waals surface area contributed by atoms with E-state index in [1.807, 2.05) is 0 Å². The van der Waals surface area contributed by atoms with Crippen molar-refractivity contribution in [3.63, 3.8) is 0 Å². The Morgan fingerprint density at radius 3 is 2.80 bits per heavy atom. The molecule has 2 rings (SSSR count). The van der Waals surface area contributed by atoms with Crippen LogP contribution >= 0.6 is 0 Å². The van der Waals surface area contributed by atoms with Gasteiger partial charge < -0.3 is 5.11 Å². The fraction of sp³-hybridized carbons (Fsp3) is 0.917. The summed E-state index contributed by atoms with van der Waals surface area (Å²) in [6, 6.07) is 0.448. The standard InChI is InChI=1S/C12H21NO2/c1-9-11(8-14)5-6-13(9)7-10-3-2-4-12(10)15/h9-11,14H,2-8H2,1H3. The second-order valence-electron chi connectivity index (χ2n) is 5.02. The SMILES string of the molecule is CC1C(CO)CCN1CC1CCCC1=O. The quantitative estimate of drug-likeness (QED) is 0.759. The molecule has 0 aromatic carbocycles. The lowest BCUT2D eigenvalue weighted by Gasteiger charge is -2.26. The van der Waals surface area contributed by atoms with E-state index in [2.05, 4.69) is 11.8 Å². The van der Waals surface area contributed by atoms with Gasteiger partial charge in [-0.05, 0) is 38.6 Å². The molecule has 0 amide bonds. The summed E-state index contributed by atoms with van der Waals surface area (Å²) in [6.07, 6.45) is 4.02. The summed E-state index contributed by atoms with van der Waals surface area (Å²) in [5, 5.41) is 9.17. The number of carbonyl (C=O) groups excluding carboxylic acids is 1. The Morgan fingerprint density at radius 1 is 1.47 bits per heavy atom. The highest BCUT2D eigenvalue weighted by Gasteiger charge is 2.34. The molecule has 2 fully saturated rings. The molecule has 3 atom stereocenters. The summed E-state index contributed by atoms with van der Waals surface area (Å²) in [4.78, 5) is 13.9. The van der Waals surface area contributed by atoms with Crippen molar-refractivity contribution >= 4 is 5.78 Å². The molecule has 86 valence electrons. The molecule has 1 N–H and O–H groups in total. The highest BCUT2D eigenvalue weighted by molar-refractivity contribution is 5.83. The van der Waals surface area contributed by atoms with Crippen LogP contribution in [0.2, 0.25) is 0 Å². The Balaban J connectivity index is 1.87. The molecule has 1 heterocycles. The van der Waals surface area contributed by atoms with Crippen LogP contribution in [0.1, 0.15) is 32.6 Å². The molecule has 2 aliphatic rings. The van der Waals surface area contributed by atoms with Crippen LogP contribution in [0.25, 0.3) is 0 Å². The van der Waals surface area contributed by atoms with E-state index in [4.69, 9.17) is 0 Å². The van der Waals surface area contributed by atoms with Crippen molar-refractivity contribution in [3.05, 3.63) is 0 Å². The second kappa shape index (κ2) is 4.62. The Hall–Kier alpha value is -0.410. The molecule has 0 bridgehead atoms. The van der Waals surface area contributed by atoms with Crippen LogP contribution in [0, 0.1) is 11.8 Å². The monoisotopic (exact) mass is 211 g/mol. The molecular formula is C12H21NO2. The van der Waals surface area contributed by atoms with E-state index in [9.17, 15) is 9.90 Å². The van der Waals surface area contributed by atoms with E-state index in [1.54, 1.807) is 0 Å². The minimum absolute atomic E-state index is 0.282. The van der Waals surface area contributed by atoms with Crippen molar-refractivity contribution in [2.75, 3.05) is 19.7 Å². The van der Waals surface area contributed by atoms with E-state index in [1.165, 1.54) is 0 Å². The average molecular weight is 211 g/mol. The number of ketones is 1. The number of carbonyl (C=O) groups is 1. The van der Waals surface area contributed by atoms with E-state index >= 15 is 0 Å². The lowest BCUT2D eigenvalue weighted by Crippen LogP contribution is -2.36. The third kappa shape index (κ3) is 2.23. The summed E-state index contributed by atoms with van der Waals surface area (Å²) >= 11 is 0. The van der Waals surface area contributed by atoms with E-state index in [-0.39, 0.29) is 12.5 Å². The van der Waals surface area contributed by atoms with Crippen LogP contribution in [0.3, 0.4) is 0 Å². The van der Waals surface area contributed by atoms with Crippen molar-refractivity contribution in [2.24, 2.45) is 11.8 Å². The van der Waals surface area contributed by atoms with Gasteiger partial charge in [0.05, 0.1) is 0 Å². The van der Waals surface area contributed by atoms with E-state index < -0.39 is 0 Å². The normalized spacial score (nSPS) is 37.7. The molecule has 1 aliphatic carbocycles. The zero-order valence-electron chi connectivity index (χ0n) is 9.48. The maximum absolute atomic E-state index is 11.5. The lowest BCUT2D eigenvalue weighted by atomic mass is 10.0. The third-order valence-corrected chi connectivity index (χ3v) is 4.17. The second-order valence-corrected chi connectivity index (χ2v) is 5.02. The summed E-state index contributed by atoms with van der Waals surface area (Å²) in [5.41, 5.74) is 0. The van der Waals surface area contributed by atoms with Gasteiger partial charge in [0.25, 0.3) is 0 Å². The molecule has 1 aliphatic heterocycles. The average Bonchev–Trinajstić information content (AvgIpc) is 2.77. The topological polar surface area (TPSA) is 40.5 Å². The molecule has 3 heteroatoms. The predicted octanol–water partition coefficient (Wildman–Crippen LogP) is 1.06. The van der Waals surface area contributed by atoms with E-state index in [0.717, 1.165) is 38.8 Å². The molecule has 0 radical (unpaired) electrons. The number of hydrogen-bond acceptors (Lipinski definition) is 3. The van der Waals surface area contributed by atoms with Crippen molar-refractivity contribution < 1.29 is 9.90 Å². The third-order valence-electron chi connectivity index (χ3n) is 4.17. The first-order valence-corrected chi connectivity index (χ1v) is 6.10. The van der Waals surface area contributed by atoms with Gasteiger partial charge in [-0.1, -0.05) is 0 Å². The Morgan fingerprint density at radius 2 is 2.27 bits per heavy atom. The van der Waals surface area contributed by atoms with Crippen LogP contribution < -0.4 is 0 Å². The molecule has 0 aromatic heterocycles. The van der Waals surface area contributed by atoms with Gasteiger partial charge in [0.1, 0.15) is 5.78 Å². The zero-order valence-corrected chi connectivity index (χ0v) is 9.48. The molecule has 3 unspecified atom stereocenters. The van der Waals surface area contributed by atoms with Gasteiger partial charge in [-0.25, -0.2) is 0 Å². The van der Waals surface area contributed by atoms with Gasteiger partial charge in [-0.15, -0.1) is 0 Å². The molecule has 0 aromatic rings. The van der Waals surface area contributed by atoms with Crippen molar-refractivity contribution in [1.29, 1.82) is 0 Å². The highest BCUT2D eigenvalue weighted by Crippen LogP contribution is 2.28. The van der Waals surface area contributed by atoms with Crippen LogP contribution in [-0.2, 0) is 4.79 Å². The summed E-state index contributed by atoms with van der Waals surface area (Å²) in [7, 11) is 0. The van der Waals surface area contributed by atoms with Gasteiger partial charge >= 0.3 is 0 Å². The number of likely N-dealkylation sites (tertiary alicyclic amines) is 1. The van der Waals surface area contributed by atoms with Crippen LogP contribution in [0.4, 0.5) is 0 Å². The van der Waals surface area contributed by atoms with Crippen LogP contribution in [-0.4, -0.2) is 41.5 Å². The maximum Gasteiger partial charge on any atom is 0.137 e. The number of aliphatic hydroxyl groups excluding tert-OH is 1. The predicted molar refractivity (Wildman–Crippen MR) is 58.6 cm³/mol. The Bertz CT molecular complexity index is 242. The van der Waals surface area contributed by atoms with Gasteiger partial charge in [-0.3, -0.25) is 9.69 Å². The highest BCUT2D eigenvalue weighted by atomic mass is 16.3. The van der Waals surface area contributed by atoms with Crippen molar-refractivity contribution in [1.82, 2.24) is 4.90 Å². The first kappa shape index (κ1) is 11.1. The molecule has 0 spiro atoms. The zero-order chi connectivity index (χ0) is 10.8. The van der Waals surface area contributed by atoms with Gasteiger partial charge in [-0.2, -0.15) is 0 Å². The molecule has 3 nitrogen and oxygen atoms in total. The van der Waals surface area contributed by atoms with Gasteiger partial charge in [0.2, 0.25) is 0 Å². The van der Waals surface area contributed by atoms with Crippen LogP contribution in [0.15, 0.2) is 0 Å². The molecule has 1 saturated carbocycles. The largest absolute Gasteiger partial charge is 0.396 e. The summed E-state index contributed by atoms with van der Waals surface area (Å²) in [6.45, 7) is 4.44. The van der Waals surface area contributed by atoms with E-state index in [0.29, 0.717) is 17.7 Å². The smallest absolute Gasteiger partial charge is 0.137 e. The number of hydrogen-bond donors (Lipinski definition) is 1. The number of aliphatic hydroxyl groups is 1. The number of rotatable bonds is 3. The molecular weight excluding hydrogens is 190 g/mol. The van der Waals surface area contributed by atoms with Crippen LogP contribution in [0.5, 0.6) is 0 Å². The first-order chi connectivity index (χ1) is 7.22. The summed E-state index contributed by atoms with van der Waals surface area (Å²) in [5.74, 6) is 1.15. The Kier molecular flexibility index (Phi) is 3.42. The van der Waals surface area contributed by atoms with Crippen molar-refractivity contribution in [3.8, 4) is 0 Å². The van der Waals surface area contributed by atoms with Crippen molar-refractivity contribution in [2.45, 2.75) is 38.6 Å². The lowest BCUT2D eigenvalue weighted by molar-refractivity contribution is -0.121. The first-order valence-electron chi connectivity index (χ1n) is 6.10.